The Morgan fingerprint density at radius 2 is 1.86 bits per heavy atom. The number of H-pyrrole nitrogens is 1. The summed E-state index contributed by atoms with van der Waals surface area (Å²) >= 11 is 0. The molecule has 8 nitrogen and oxygen atoms in total. The first kappa shape index (κ1) is 19.2. The number of piperidine rings is 1. The molecule has 2 aliphatic heterocycles. The zero-order valence-corrected chi connectivity index (χ0v) is 16.7. The van der Waals surface area contributed by atoms with Crippen LogP contribution in [0.25, 0.3) is 0 Å². The van der Waals surface area contributed by atoms with Crippen molar-refractivity contribution < 1.29 is 14.4 Å². The summed E-state index contributed by atoms with van der Waals surface area (Å²) in [5.74, 6) is -0.325. The zero-order valence-electron chi connectivity index (χ0n) is 16.7. The number of aromatic amines is 1. The summed E-state index contributed by atoms with van der Waals surface area (Å²) in [5, 5.41) is 6.97. The van der Waals surface area contributed by atoms with E-state index in [-0.39, 0.29) is 17.8 Å². The highest BCUT2D eigenvalue weighted by molar-refractivity contribution is 6.07. The molecule has 3 heterocycles. The fraction of sp³-hybridized carbons (Fsp3) is 0.429. The van der Waals surface area contributed by atoms with Gasteiger partial charge in [0.2, 0.25) is 0 Å². The highest BCUT2D eigenvalue weighted by Gasteiger charge is 2.57. The molecule has 1 spiro atoms. The summed E-state index contributed by atoms with van der Waals surface area (Å²) in [4.78, 5) is 43.2. The van der Waals surface area contributed by atoms with Gasteiger partial charge in [-0.1, -0.05) is 37.3 Å². The third kappa shape index (κ3) is 3.18. The summed E-state index contributed by atoms with van der Waals surface area (Å²) in [7, 11) is 1.53. The third-order valence-electron chi connectivity index (χ3n) is 6.03. The SMILES string of the molecule is CCc1cc(C(=O)N2CCC3(CC2)C(=O)N(C)C(=O)N3Cc2ccccc2)n[nH]1. The van der Waals surface area contributed by atoms with E-state index in [0.29, 0.717) is 38.2 Å². The number of nitrogens with one attached hydrogen (secondary N) is 1. The minimum absolute atomic E-state index is 0.143. The van der Waals surface area contributed by atoms with Gasteiger partial charge in [-0.15, -0.1) is 0 Å². The van der Waals surface area contributed by atoms with E-state index in [1.54, 1.807) is 15.9 Å². The van der Waals surface area contributed by atoms with Gasteiger partial charge in [-0.25, -0.2) is 4.79 Å². The van der Waals surface area contributed by atoms with E-state index in [2.05, 4.69) is 10.2 Å². The summed E-state index contributed by atoms with van der Waals surface area (Å²) in [6.45, 7) is 3.19. The number of aromatic nitrogens is 2. The molecule has 2 saturated heterocycles. The normalized spacial score (nSPS) is 18.8. The quantitative estimate of drug-likeness (QED) is 0.803. The molecule has 1 aromatic heterocycles. The number of rotatable bonds is 4. The predicted octanol–water partition coefficient (Wildman–Crippen LogP) is 2.04. The van der Waals surface area contributed by atoms with Gasteiger partial charge in [-0.05, 0) is 30.9 Å². The molecule has 1 N–H and O–H groups in total. The van der Waals surface area contributed by atoms with E-state index in [1.165, 1.54) is 11.9 Å². The van der Waals surface area contributed by atoms with E-state index in [9.17, 15) is 14.4 Å². The predicted molar refractivity (Wildman–Crippen MR) is 106 cm³/mol. The minimum Gasteiger partial charge on any atom is -0.337 e. The molecule has 0 aliphatic carbocycles. The largest absolute Gasteiger partial charge is 0.337 e. The molecule has 2 aliphatic rings. The van der Waals surface area contributed by atoms with Gasteiger partial charge in [0.15, 0.2) is 0 Å². The van der Waals surface area contributed by atoms with E-state index < -0.39 is 5.54 Å². The number of carbonyl (C=O) groups excluding carboxylic acids is 3. The molecule has 29 heavy (non-hydrogen) atoms. The van der Waals surface area contributed by atoms with Crippen molar-refractivity contribution in [2.45, 2.75) is 38.3 Å². The van der Waals surface area contributed by atoms with Gasteiger partial charge in [0, 0.05) is 32.4 Å². The molecule has 0 unspecified atom stereocenters. The highest BCUT2D eigenvalue weighted by atomic mass is 16.2. The first-order valence-electron chi connectivity index (χ1n) is 9.93. The maximum absolute atomic E-state index is 13.0. The van der Waals surface area contributed by atoms with Crippen LogP contribution in [0, 0.1) is 0 Å². The Morgan fingerprint density at radius 1 is 1.17 bits per heavy atom. The lowest BCUT2D eigenvalue weighted by molar-refractivity contribution is -0.134. The second-order valence-corrected chi connectivity index (χ2v) is 7.67. The molecule has 4 amide bonds. The van der Waals surface area contributed by atoms with Crippen molar-refractivity contribution in [3.05, 3.63) is 53.3 Å². The Morgan fingerprint density at radius 3 is 2.48 bits per heavy atom. The van der Waals surface area contributed by atoms with Crippen LogP contribution in [0.4, 0.5) is 4.79 Å². The average Bonchev–Trinajstić information content (AvgIpc) is 3.30. The first-order valence-corrected chi connectivity index (χ1v) is 9.93. The van der Waals surface area contributed by atoms with Gasteiger partial charge in [0.05, 0.1) is 0 Å². The number of likely N-dealkylation sites (tertiary alicyclic amines) is 1. The molecule has 0 atom stereocenters. The van der Waals surface area contributed by atoms with Crippen molar-refractivity contribution in [3.8, 4) is 0 Å². The summed E-state index contributed by atoms with van der Waals surface area (Å²) < 4.78 is 0. The first-order chi connectivity index (χ1) is 14.0. The van der Waals surface area contributed by atoms with E-state index in [4.69, 9.17) is 0 Å². The van der Waals surface area contributed by atoms with E-state index in [1.807, 2.05) is 37.3 Å². The van der Waals surface area contributed by atoms with Crippen LogP contribution in [0.3, 0.4) is 0 Å². The lowest BCUT2D eigenvalue weighted by Crippen LogP contribution is -2.57. The molecule has 152 valence electrons. The third-order valence-corrected chi connectivity index (χ3v) is 6.03. The number of imide groups is 1. The number of hydrogen-bond acceptors (Lipinski definition) is 4. The minimum atomic E-state index is -0.890. The highest BCUT2D eigenvalue weighted by Crippen LogP contribution is 2.38. The van der Waals surface area contributed by atoms with Crippen molar-refractivity contribution in [2.24, 2.45) is 0 Å². The van der Waals surface area contributed by atoms with Gasteiger partial charge in [0.25, 0.3) is 11.8 Å². The molecule has 2 aromatic rings. The van der Waals surface area contributed by atoms with Gasteiger partial charge in [0.1, 0.15) is 11.2 Å². The lowest BCUT2D eigenvalue weighted by Gasteiger charge is -2.42. The average molecular weight is 395 g/mol. The molecule has 0 radical (unpaired) electrons. The fourth-order valence-corrected chi connectivity index (χ4v) is 4.24. The van der Waals surface area contributed by atoms with Crippen LogP contribution in [0.1, 0.15) is 41.5 Å². The van der Waals surface area contributed by atoms with Crippen molar-refractivity contribution in [1.82, 2.24) is 24.9 Å². The molecule has 1 aromatic carbocycles. The number of nitrogens with zero attached hydrogens (tertiary/aromatic N) is 4. The Kier molecular flexibility index (Phi) is 4.86. The van der Waals surface area contributed by atoms with Crippen LogP contribution in [0.15, 0.2) is 36.4 Å². The van der Waals surface area contributed by atoms with Gasteiger partial charge >= 0.3 is 6.03 Å². The van der Waals surface area contributed by atoms with E-state index in [0.717, 1.165) is 17.7 Å². The molecule has 0 saturated carbocycles. The number of urea groups is 1. The van der Waals surface area contributed by atoms with Crippen LogP contribution in [-0.4, -0.2) is 68.4 Å². The zero-order chi connectivity index (χ0) is 20.6. The molecular formula is C21H25N5O3. The summed E-state index contributed by atoms with van der Waals surface area (Å²) in [5.41, 5.74) is 1.39. The van der Waals surface area contributed by atoms with E-state index >= 15 is 0 Å². The molecule has 4 rings (SSSR count). The lowest BCUT2D eigenvalue weighted by atomic mass is 9.85. The number of carbonyl (C=O) groups is 3. The molecule has 8 heteroatoms. The number of benzene rings is 1. The van der Waals surface area contributed by atoms with Crippen molar-refractivity contribution in [2.75, 3.05) is 20.1 Å². The fourth-order valence-electron chi connectivity index (χ4n) is 4.24. The van der Waals surface area contributed by atoms with Crippen molar-refractivity contribution in [1.29, 1.82) is 0 Å². The van der Waals surface area contributed by atoms with Crippen LogP contribution < -0.4 is 0 Å². The Labute approximate surface area is 169 Å². The number of aryl methyl sites for hydroxylation is 1. The Balaban J connectivity index is 1.53. The molecular weight excluding hydrogens is 370 g/mol. The molecule has 2 fully saturated rings. The maximum Gasteiger partial charge on any atom is 0.327 e. The van der Waals surface area contributed by atoms with Gasteiger partial charge in [-0.2, -0.15) is 5.10 Å². The summed E-state index contributed by atoms with van der Waals surface area (Å²) in [6.07, 6.45) is 1.62. The van der Waals surface area contributed by atoms with Crippen LogP contribution in [-0.2, 0) is 17.8 Å². The number of hydrogen-bond donors (Lipinski definition) is 1. The Bertz CT molecular complexity index is 931. The summed E-state index contributed by atoms with van der Waals surface area (Å²) in [6, 6.07) is 11.2. The standard InChI is InChI=1S/C21H25N5O3/c1-3-16-13-17(23-22-16)18(27)25-11-9-21(10-12-25)19(28)24(2)20(29)26(21)14-15-7-5-4-6-8-15/h4-8,13H,3,9-12,14H2,1-2H3,(H,22,23). The van der Waals surface area contributed by atoms with Gasteiger partial charge < -0.3 is 9.80 Å². The smallest absolute Gasteiger partial charge is 0.327 e. The van der Waals surface area contributed by atoms with Gasteiger partial charge in [-0.3, -0.25) is 19.6 Å². The second-order valence-electron chi connectivity index (χ2n) is 7.67. The van der Waals surface area contributed by atoms with Crippen LogP contribution in [0.2, 0.25) is 0 Å². The Hall–Kier alpha value is -3.16. The van der Waals surface area contributed by atoms with Crippen LogP contribution in [0.5, 0.6) is 0 Å². The maximum atomic E-state index is 13.0. The van der Waals surface area contributed by atoms with Crippen molar-refractivity contribution >= 4 is 17.8 Å². The van der Waals surface area contributed by atoms with Crippen molar-refractivity contribution in [3.63, 3.8) is 0 Å². The van der Waals surface area contributed by atoms with Crippen LogP contribution >= 0.6 is 0 Å². The number of amides is 4. The number of likely N-dealkylation sites (N-methyl/N-ethyl adjacent to an activating group) is 1. The second kappa shape index (κ2) is 7.35. The molecule has 0 bridgehead atoms. The monoisotopic (exact) mass is 395 g/mol. The topological polar surface area (TPSA) is 89.6 Å².